The first kappa shape index (κ1) is 9.32. The highest BCUT2D eigenvalue weighted by Gasteiger charge is 1.94. The van der Waals surface area contributed by atoms with Crippen LogP contribution in [0, 0.1) is 0 Å². The number of allylic oxidation sites excluding steroid dienone is 2. The second-order valence-electron chi connectivity index (χ2n) is 1.89. The van der Waals surface area contributed by atoms with E-state index in [1.807, 2.05) is 12.2 Å². The molecular weight excluding hydrogens is 155 g/mol. The van der Waals surface area contributed by atoms with Crippen molar-refractivity contribution in [2.45, 2.75) is 25.1 Å². The lowest BCUT2D eigenvalue weighted by Crippen LogP contribution is -1.90. The van der Waals surface area contributed by atoms with Gasteiger partial charge in [0.15, 0.2) is 0 Å². The molecule has 0 amide bonds. The van der Waals surface area contributed by atoms with Crippen molar-refractivity contribution in [2.75, 3.05) is 5.88 Å². The Balaban J connectivity index is 3.25. The molecule has 0 saturated carbocycles. The summed E-state index contributed by atoms with van der Waals surface area (Å²) in [6.45, 7) is 2.11. The van der Waals surface area contributed by atoms with Crippen LogP contribution in [-0.4, -0.2) is 11.3 Å². The van der Waals surface area contributed by atoms with E-state index in [1.54, 1.807) is 0 Å². The molecule has 0 rings (SSSR count). The molecule has 0 bridgehead atoms. The molecule has 1 atom stereocenters. The van der Waals surface area contributed by atoms with Gasteiger partial charge < -0.3 is 0 Å². The van der Waals surface area contributed by atoms with Gasteiger partial charge in [-0.25, -0.2) is 0 Å². The molecule has 0 aliphatic carbocycles. The van der Waals surface area contributed by atoms with Gasteiger partial charge in [-0.1, -0.05) is 25.5 Å². The Labute approximate surface area is 66.8 Å². The summed E-state index contributed by atoms with van der Waals surface area (Å²) < 4.78 is 0. The number of hydrogen-bond acceptors (Lipinski definition) is 0. The molecule has 0 nitrogen and oxygen atoms in total. The van der Waals surface area contributed by atoms with Gasteiger partial charge in [0.05, 0.1) is 5.38 Å². The number of hydrogen-bond donors (Lipinski definition) is 0. The zero-order valence-electron chi connectivity index (χ0n) is 5.61. The standard InChI is InChI=1S/C7H12Cl2/c1-2-4-7(9)5-3-6-8/h3,5,7H,2,4,6H2,1H3/b5-3+. The lowest BCUT2D eigenvalue weighted by molar-refractivity contribution is 0.820. The summed E-state index contributed by atoms with van der Waals surface area (Å²) in [5.41, 5.74) is 0. The molecule has 0 aromatic heterocycles. The molecule has 0 fully saturated rings. The first-order valence-corrected chi connectivity index (χ1v) is 4.15. The third-order valence-electron chi connectivity index (χ3n) is 0.998. The lowest BCUT2D eigenvalue weighted by Gasteiger charge is -1.97. The SMILES string of the molecule is CCCC(Cl)/C=C/CCl. The maximum atomic E-state index is 5.81. The van der Waals surface area contributed by atoms with Crippen molar-refractivity contribution in [3.05, 3.63) is 12.2 Å². The maximum Gasteiger partial charge on any atom is 0.0516 e. The van der Waals surface area contributed by atoms with Gasteiger partial charge in [0, 0.05) is 5.88 Å². The molecule has 0 aliphatic heterocycles. The van der Waals surface area contributed by atoms with E-state index in [-0.39, 0.29) is 5.38 Å². The van der Waals surface area contributed by atoms with Crippen LogP contribution in [0.15, 0.2) is 12.2 Å². The van der Waals surface area contributed by atoms with Gasteiger partial charge in [0.2, 0.25) is 0 Å². The highest BCUT2D eigenvalue weighted by molar-refractivity contribution is 6.22. The van der Waals surface area contributed by atoms with E-state index < -0.39 is 0 Å². The van der Waals surface area contributed by atoms with E-state index in [1.165, 1.54) is 0 Å². The molecule has 9 heavy (non-hydrogen) atoms. The van der Waals surface area contributed by atoms with Gasteiger partial charge in [-0.05, 0) is 6.42 Å². The topological polar surface area (TPSA) is 0 Å². The summed E-state index contributed by atoms with van der Waals surface area (Å²) in [4.78, 5) is 0. The Morgan fingerprint density at radius 1 is 1.56 bits per heavy atom. The van der Waals surface area contributed by atoms with Crippen molar-refractivity contribution in [3.63, 3.8) is 0 Å². The van der Waals surface area contributed by atoms with Crippen LogP contribution in [-0.2, 0) is 0 Å². The van der Waals surface area contributed by atoms with Crippen LogP contribution in [0.3, 0.4) is 0 Å². The number of alkyl halides is 2. The van der Waals surface area contributed by atoms with E-state index >= 15 is 0 Å². The normalized spacial score (nSPS) is 14.6. The molecule has 0 radical (unpaired) electrons. The minimum Gasteiger partial charge on any atom is -0.122 e. The molecule has 0 heterocycles. The van der Waals surface area contributed by atoms with Crippen LogP contribution in [0.5, 0.6) is 0 Å². The van der Waals surface area contributed by atoms with Gasteiger partial charge >= 0.3 is 0 Å². The van der Waals surface area contributed by atoms with Crippen molar-refractivity contribution in [1.82, 2.24) is 0 Å². The molecule has 0 spiro atoms. The Bertz CT molecular complexity index is 79.0. The van der Waals surface area contributed by atoms with Gasteiger partial charge in [0.1, 0.15) is 0 Å². The van der Waals surface area contributed by atoms with E-state index in [4.69, 9.17) is 23.2 Å². The van der Waals surface area contributed by atoms with Gasteiger partial charge in [0.25, 0.3) is 0 Å². The summed E-state index contributed by atoms with van der Waals surface area (Å²) >= 11 is 11.2. The van der Waals surface area contributed by atoms with Crippen molar-refractivity contribution >= 4 is 23.2 Å². The Morgan fingerprint density at radius 3 is 2.67 bits per heavy atom. The fourth-order valence-electron chi connectivity index (χ4n) is 0.571. The summed E-state index contributed by atoms with van der Waals surface area (Å²) in [5.74, 6) is 0.562. The van der Waals surface area contributed by atoms with Crippen LogP contribution in [0.25, 0.3) is 0 Å². The van der Waals surface area contributed by atoms with Crippen LogP contribution < -0.4 is 0 Å². The second-order valence-corrected chi connectivity index (χ2v) is 2.76. The molecule has 54 valence electrons. The quantitative estimate of drug-likeness (QED) is 0.445. The first-order valence-electron chi connectivity index (χ1n) is 3.18. The van der Waals surface area contributed by atoms with Crippen LogP contribution in [0.1, 0.15) is 19.8 Å². The maximum absolute atomic E-state index is 5.81. The van der Waals surface area contributed by atoms with E-state index in [9.17, 15) is 0 Å². The van der Waals surface area contributed by atoms with Crippen molar-refractivity contribution in [3.8, 4) is 0 Å². The van der Waals surface area contributed by atoms with Gasteiger partial charge in [-0.3, -0.25) is 0 Å². The average Bonchev–Trinajstić information content (AvgIpc) is 1.85. The van der Waals surface area contributed by atoms with E-state index in [2.05, 4.69) is 6.92 Å². The molecular formula is C7H12Cl2. The zero-order chi connectivity index (χ0) is 7.11. The zero-order valence-corrected chi connectivity index (χ0v) is 7.12. The fourth-order valence-corrected chi connectivity index (χ4v) is 0.995. The minimum atomic E-state index is 0.175. The highest BCUT2D eigenvalue weighted by atomic mass is 35.5. The molecule has 1 unspecified atom stereocenters. The molecule has 0 N–H and O–H groups in total. The summed E-state index contributed by atoms with van der Waals surface area (Å²) in [7, 11) is 0. The van der Waals surface area contributed by atoms with Gasteiger partial charge in [-0.2, -0.15) is 0 Å². The lowest BCUT2D eigenvalue weighted by atomic mass is 10.2. The van der Waals surface area contributed by atoms with E-state index in [0.717, 1.165) is 12.8 Å². The molecule has 0 aromatic carbocycles. The molecule has 0 saturated heterocycles. The Morgan fingerprint density at radius 2 is 2.22 bits per heavy atom. The van der Waals surface area contributed by atoms with Crippen molar-refractivity contribution in [1.29, 1.82) is 0 Å². The summed E-state index contributed by atoms with van der Waals surface area (Å²) in [6.07, 6.45) is 5.99. The van der Waals surface area contributed by atoms with Crippen molar-refractivity contribution < 1.29 is 0 Å². The Hall–Kier alpha value is 0.320. The van der Waals surface area contributed by atoms with Crippen molar-refractivity contribution in [2.24, 2.45) is 0 Å². The summed E-state index contributed by atoms with van der Waals surface area (Å²) in [6, 6.07) is 0. The second kappa shape index (κ2) is 6.44. The minimum absolute atomic E-state index is 0.175. The monoisotopic (exact) mass is 166 g/mol. The largest absolute Gasteiger partial charge is 0.122 e. The average molecular weight is 167 g/mol. The molecule has 0 aliphatic rings. The predicted octanol–water partition coefficient (Wildman–Crippen LogP) is 3.19. The molecule has 0 aromatic rings. The van der Waals surface area contributed by atoms with E-state index in [0.29, 0.717) is 5.88 Å². The number of rotatable bonds is 4. The first-order chi connectivity index (χ1) is 4.31. The number of halogens is 2. The van der Waals surface area contributed by atoms with Crippen LogP contribution in [0.2, 0.25) is 0 Å². The highest BCUT2D eigenvalue weighted by Crippen LogP contribution is 2.05. The molecule has 2 heteroatoms. The van der Waals surface area contributed by atoms with Crippen LogP contribution >= 0.6 is 23.2 Å². The van der Waals surface area contributed by atoms with Gasteiger partial charge in [-0.15, -0.1) is 23.2 Å². The fraction of sp³-hybridized carbons (Fsp3) is 0.714. The predicted molar refractivity (Wildman–Crippen MR) is 44.4 cm³/mol. The third-order valence-corrected chi connectivity index (χ3v) is 1.54. The Kier molecular flexibility index (Phi) is 6.67. The van der Waals surface area contributed by atoms with Crippen LogP contribution in [0.4, 0.5) is 0 Å². The third kappa shape index (κ3) is 6.20. The summed E-state index contributed by atoms with van der Waals surface area (Å²) in [5, 5.41) is 0.175. The smallest absolute Gasteiger partial charge is 0.0516 e.